The van der Waals surface area contributed by atoms with Gasteiger partial charge in [-0.15, -0.1) is 5.10 Å². The molecule has 0 spiro atoms. The Kier molecular flexibility index (Phi) is 6.65. The molecule has 0 saturated heterocycles. The predicted molar refractivity (Wildman–Crippen MR) is 125 cm³/mol. The second-order valence-electron chi connectivity index (χ2n) is 7.11. The van der Waals surface area contributed by atoms with Gasteiger partial charge in [0.15, 0.2) is 18.1 Å². The lowest BCUT2D eigenvalue weighted by molar-refractivity contribution is -0.141. The van der Waals surface area contributed by atoms with Crippen LogP contribution in [-0.2, 0) is 14.3 Å². The molecule has 0 aliphatic heterocycles. The van der Waals surface area contributed by atoms with Crippen molar-refractivity contribution in [2.45, 2.75) is 6.92 Å². The fourth-order valence-electron chi connectivity index (χ4n) is 3.22. The molecule has 1 amide bonds. The first-order valence-electron chi connectivity index (χ1n) is 10.3. The SMILES string of the molecule is Cc1nnnn1/C(=C\c1ccccc1)C(=O)OCC(=O)Nc1ccccc1-c1ccccc1. The number of carbonyl (C=O) groups excluding carboxylic acids is 2. The fourth-order valence-corrected chi connectivity index (χ4v) is 3.22. The van der Waals surface area contributed by atoms with E-state index in [1.807, 2.05) is 78.9 Å². The van der Waals surface area contributed by atoms with E-state index >= 15 is 0 Å². The van der Waals surface area contributed by atoms with Gasteiger partial charge < -0.3 is 10.1 Å². The maximum absolute atomic E-state index is 12.9. The van der Waals surface area contributed by atoms with Gasteiger partial charge in [-0.25, -0.2) is 4.79 Å². The molecule has 0 unspecified atom stereocenters. The van der Waals surface area contributed by atoms with E-state index in [2.05, 4.69) is 20.8 Å². The molecular formula is C25H21N5O3. The first-order chi connectivity index (χ1) is 16.1. The van der Waals surface area contributed by atoms with E-state index in [-0.39, 0.29) is 5.70 Å². The summed E-state index contributed by atoms with van der Waals surface area (Å²) in [6, 6.07) is 26.4. The molecule has 0 atom stereocenters. The Hall–Kier alpha value is -4.59. The van der Waals surface area contributed by atoms with Crippen LogP contribution in [0.3, 0.4) is 0 Å². The summed E-state index contributed by atoms with van der Waals surface area (Å²) in [6.07, 6.45) is 1.61. The lowest BCUT2D eigenvalue weighted by Crippen LogP contribution is -2.23. The maximum atomic E-state index is 12.9. The van der Waals surface area contributed by atoms with Crippen LogP contribution in [-0.4, -0.2) is 38.7 Å². The average molecular weight is 439 g/mol. The molecule has 8 heteroatoms. The van der Waals surface area contributed by atoms with Gasteiger partial charge in [-0.1, -0.05) is 78.9 Å². The van der Waals surface area contributed by atoms with Crippen LogP contribution in [0, 0.1) is 6.92 Å². The second-order valence-corrected chi connectivity index (χ2v) is 7.11. The zero-order chi connectivity index (χ0) is 23.0. The van der Waals surface area contributed by atoms with Crippen molar-refractivity contribution >= 4 is 29.3 Å². The van der Waals surface area contributed by atoms with Gasteiger partial charge in [-0.2, -0.15) is 4.68 Å². The second kappa shape index (κ2) is 10.1. The minimum Gasteiger partial charge on any atom is -0.451 e. The monoisotopic (exact) mass is 439 g/mol. The van der Waals surface area contributed by atoms with Crippen LogP contribution in [0.4, 0.5) is 5.69 Å². The molecule has 1 heterocycles. The number of hydrogen-bond donors (Lipinski definition) is 1. The smallest absolute Gasteiger partial charge is 0.357 e. The van der Waals surface area contributed by atoms with Crippen molar-refractivity contribution in [3.8, 4) is 11.1 Å². The standard InChI is InChI=1S/C25H21N5O3/c1-18-27-28-29-30(18)23(16-19-10-4-2-5-11-19)25(32)33-17-24(31)26-22-15-9-8-14-21(22)20-12-6-3-7-13-20/h2-16H,17H2,1H3,(H,26,31)/b23-16-. The molecule has 33 heavy (non-hydrogen) atoms. The summed E-state index contributed by atoms with van der Waals surface area (Å²) in [5.74, 6) is -0.768. The molecule has 0 bridgehead atoms. The number of rotatable bonds is 7. The van der Waals surface area contributed by atoms with Crippen molar-refractivity contribution in [2.24, 2.45) is 0 Å². The summed E-state index contributed by atoms with van der Waals surface area (Å²) in [5.41, 5.74) is 3.32. The predicted octanol–water partition coefficient (Wildman–Crippen LogP) is 3.83. The van der Waals surface area contributed by atoms with Crippen LogP contribution in [0.15, 0.2) is 84.9 Å². The van der Waals surface area contributed by atoms with Crippen molar-refractivity contribution in [3.05, 3.63) is 96.3 Å². The van der Waals surface area contributed by atoms with Gasteiger partial charge in [0.05, 0.1) is 0 Å². The number of aryl methyl sites for hydroxylation is 1. The number of tetrazole rings is 1. The fraction of sp³-hybridized carbons (Fsp3) is 0.0800. The lowest BCUT2D eigenvalue weighted by atomic mass is 10.0. The number of benzene rings is 3. The molecule has 0 fully saturated rings. The van der Waals surface area contributed by atoms with Crippen LogP contribution >= 0.6 is 0 Å². The largest absolute Gasteiger partial charge is 0.451 e. The Bertz CT molecular complexity index is 1280. The van der Waals surface area contributed by atoms with E-state index in [1.165, 1.54) is 4.68 Å². The highest BCUT2D eigenvalue weighted by molar-refractivity contribution is 6.15. The van der Waals surface area contributed by atoms with E-state index in [9.17, 15) is 9.59 Å². The number of nitrogens with one attached hydrogen (secondary N) is 1. The van der Waals surface area contributed by atoms with Crippen molar-refractivity contribution in [3.63, 3.8) is 0 Å². The lowest BCUT2D eigenvalue weighted by Gasteiger charge is -2.12. The van der Waals surface area contributed by atoms with E-state index in [0.717, 1.165) is 16.7 Å². The first kappa shape index (κ1) is 21.6. The zero-order valence-corrected chi connectivity index (χ0v) is 17.9. The van der Waals surface area contributed by atoms with Crippen molar-refractivity contribution in [2.75, 3.05) is 11.9 Å². The van der Waals surface area contributed by atoms with E-state index in [1.54, 1.807) is 19.1 Å². The van der Waals surface area contributed by atoms with Gasteiger partial charge in [0.2, 0.25) is 0 Å². The first-order valence-corrected chi connectivity index (χ1v) is 10.3. The van der Waals surface area contributed by atoms with Gasteiger partial charge in [-0.3, -0.25) is 4.79 Å². The number of aromatic nitrogens is 4. The highest BCUT2D eigenvalue weighted by Crippen LogP contribution is 2.27. The molecule has 1 aromatic heterocycles. The normalized spacial score (nSPS) is 11.1. The Labute approximate surface area is 190 Å². The Morgan fingerprint density at radius 1 is 0.939 bits per heavy atom. The van der Waals surface area contributed by atoms with Crippen molar-refractivity contribution < 1.29 is 14.3 Å². The molecule has 4 rings (SSSR count). The molecule has 3 aromatic carbocycles. The molecule has 0 saturated carbocycles. The van der Waals surface area contributed by atoms with Gasteiger partial charge in [0.25, 0.3) is 5.91 Å². The Morgan fingerprint density at radius 3 is 2.30 bits per heavy atom. The van der Waals surface area contributed by atoms with Crippen LogP contribution in [0.2, 0.25) is 0 Å². The van der Waals surface area contributed by atoms with Crippen LogP contribution in [0.1, 0.15) is 11.4 Å². The number of anilines is 1. The number of ether oxygens (including phenoxy) is 1. The summed E-state index contributed by atoms with van der Waals surface area (Å²) in [5, 5.41) is 14.1. The van der Waals surface area contributed by atoms with E-state index in [0.29, 0.717) is 11.5 Å². The Balaban J connectivity index is 1.48. The quantitative estimate of drug-likeness (QED) is 0.347. The number of para-hydroxylation sites is 1. The molecule has 4 aromatic rings. The molecule has 0 aliphatic carbocycles. The summed E-state index contributed by atoms with van der Waals surface area (Å²) in [6.45, 7) is 1.20. The molecule has 0 radical (unpaired) electrons. The zero-order valence-electron chi connectivity index (χ0n) is 17.9. The molecule has 0 aliphatic rings. The number of esters is 1. The van der Waals surface area contributed by atoms with Gasteiger partial charge in [-0.05, 0) is 40.6 Å². The molecule has 8 nitrogen and oxygen atoms in total. The van der Waals surface area contributed by atoms with Gasteiger partial charge >= 0.3 is 5.97 Å². The summed E-state index contributed by atoms with van der Waals surface area (Å²) in [4.78, 5) is 25.4. The average Bonchev–Trinajstić information content (AvgIpc) is 3.28. The summed E-state index contributed by atoms with van der Waals surface area (Å²) < 4.78 is 6.57. The number of carbonyl (C=O) groups is 2. The summed E-state index contributed by atoms with van der Waals surface area (Å²) in [7, 11) is 0. The molecule has 1 N–H and O–H groups in total. The van der Waals surface area contributed by atoms with Gasteiger partial charge in [0, 0.05) is 11.3 Å². The number of hydrogen-bond acceptors (Lipinski definition) is 6. The van der Waals surface area contributed by atoms with Crippen LogP contribution in [0.5, 0.6) is 0 Å². The van der Waals surface area contributed by atoms with Crippen LogP contribution in [0.25, 0.3) is 22.9 Å². The number of amides is 1. The Morgan fingerprint density at radius 2 is 1.61 bits per heavy atom. The minimum atomic E-state index is -0.722. The van der Waals surface area contributed by atoms with Crippen LogP contribution < -0.4 is 5.32 Å². The van der Waals surface area contributed by atoms with Crippen molar-refractivity contribution in [1.82, 2.24) is 20.2 Å². The topological polar surface area (TPSA) is 99.0 Å². The molecule has 164 valence electrons. The third kappa shape index (κ3) is 5.37. The maximum Gasteiger partial charge on any atom is 0.357 e. The van der Waals surface area contributed by atoms with E-state index < -0.39 is 18.5 Å². The highest BCUT2D eigenvalue weighted by Gasteiger charge is 2.19. The van der Waals surface area contributed by atoms with E-state index in [4.69, 9.17) is 4.74 Å². The highest BCUT2D eigenvalue weighted by atomic mass is 16.5. The summed E-state index contributed by atoms with van der Waals surface area (Å²) >= 11 is 0. The minimum absolute atomic E-state index is 0.0983. The molecular weight excluding hydrogens is 418 g/mol. The third-order valence-corrected chi connectivity index (χ3v) is 4.79. The van der Waals surface area contributed by atoms with Gasteiger partial charge in [0.1, 0.15) is 0 Å². The number of nitrogens with zero attached hydrogens (tertiary/aromatic N) is 4. The van der Waals surface area contributed by atoms with Crippen molar-refractivity contribution in [1.29, 1.82) is 0 Å². The third-order valence-electron chi connectivity index (χ3n) is 4.79.